The second kappa shape index (κ2) is 4.94. The van der Waals surface area contributed by atoms with Crippen LogP contribution in [-0.2, 0) is 0 Å². The van der Waals surface area contributed by atoms with Gasteiger partial charge in [-0.15, -0.1) is 0 Å². The summed E-state index contributed by atoms with van der Waals surface area (Å²) in [5, 5.41) is 4.18. The molecule has 3 heterocycles. The summed E-state index contributed by atoms with van der Waals surface area (Å²) in [6.07, 6.45) is 3.40. The lowest BCUT2D eigenvalue weighted by Gasteiger charge is -2.39. The van der Waals surface area contributed by atoms with Crippen LogP contribution in [-0.4, -0.2) is 33.5 Å². The van der Waals surface area contributed by atoms with Crippen molar-refractivity contribution in [1.29, 1.82) is 0 Å². The van der Waals surface area contributed by atoms with Gasteiger partial charge in [0.1, 0.15) is 5.82 Å². The zero-order chi connectivity index (χ0) is 15.1. The fourth-order valence-electron chi connectivity index (χ4n) is 2.92. The first-order valence-electron chi connectivity index (χ1n) is 7.20. The molecule has 3 aromatic rings. The summed E-state index contributed by atoms with van der Waals surface area (Å²) in [6.45, 7) is 1.09. The molecule has 1 aromatic carbocycles. The van der Waals surface area contributed by atoms with Crippen LogP contribution in [0, 0.1) is 5.82 Å². The van der Waals surface area contributed by atoms with Crippen molar-refractivity contribution in [3.05, 3.63) is 71.8 Å². The van der Waals surface area contributed by atoms with Crippen LogP contribution in [0.15, 0.2) is 54.9 Å². The molecular formula is C17H14FN3O. The van der Waals surface area contributed by atoms with E-state index in [-0.39, 0.29) is 17.6 Å². The van der Waals surface area contributed by atoms with E-state index in [2.05, 4.69) is 5.10 Å². The average molecular weight is 295 g/mol. The number of hydrogen-bond donors (Lipinski definition) is 0. The number of halogens is 1. The molecule has 1 amide bonds. The van der Waals surface area contributed by atoms with E-state index in [1.54, 1.807) is 27.7 Å². The molecule has 110 valence electrons. The Morgan fingerprint density at radius 3 is 2.73 bits per heavy atom. The maximum Gasteiger partial charge on any atom is 0.257 e. The van der Waals surface area contributed by atoms with Crippen LogP contribution in [0.25, 0.3) is 5.52 Å². The molecule has 1 saturated heterocycles. The summed E-state index contributed by atoms with van der Waals surface area (Å²) in [5.41, 5.74) is 2.07. The maximum atomic E-state index is 13.8. The largest absolute Gasteiger partial charge is 0.337 e. The Kier molecular flexibility index (Phi) is 2.92. The number of pyridine rings is 1. The van der Waals surface area contributed by atoms with Gasteiger partial charge in [-0.05, 0) is 23.8 Å². The number of likely N-dealkylation sites (tertiary alicyclic amines) is 1. The highest BCUT2D eigenvalue weighted by Crippen LogP contribution is 2.30. The molecule has 5 heteroatoms. The summed E-state index contributed by atoms with van der Waals surface area (Å²) in [5.74, 6) is -0.170. The van der Waals surface area contributed by atoms with Crippen molar-refractivity contribution in [2.75, 3.05) is 13.1 Å². The number of fused-ring (bicyclic) bond motifs is 1. The van der Waals surface area contributed by atoms with E-state index in [0.29, 0.717) is 24.2 Å². The molecule has 0 bridgehead atoms. The lowest BCUT2D eigenvalue weighted by Crippen LogP contribution is -2.48. The monoisotopic (exact) mass is 295 g/mol. The Morgan fingerprint density at radius 2 is 1.91 bits per heavy atom. The molecule has 1 fully saturated rings. The van der Waals surface area contributed by atoms with Crippen molar-refractivity contribution >= 4 is 11.4 Å². The van der Waals surface area contributed by atoms with Gasteiger partial charge in [0, 0.05) is 25.2 Å². The van der Waals surface area contributed by atoms with E-state index >= 15 is 0 Å². The zero-order valence-electron chi connectivity index (χ0n) is 11.8. The van der Waals surface area contributed by atoms with Crippen molar-refractivity contribution in [2.24, 2.45) is 0 Å². The van der Waals surface area contributed by atoms with Crippen LogP contribution in [0.5, 0.6) is 0 Å². The van der Waals surface area contributed by atoms with Crippen LogP contribution < -0.4 is 0 Å². The van der Waals surface area contributed by atoms with Crippen molar-refractivity contribution in [2.45, 2.75) is 5.92 Å². The molecule has 1 aliphatic heterocycles. The van der Waals surface area contributed by atoms with E-state index < -0.39 is 0 Å². The highest BCUT2D eigenvalue weighted by molar-refractivity contribution is 6.01. The van der Waals surface area contributed by atoms with Crippen molar-refractivity contribution in [1.82, 2.24) is 14.5 Å². The molecule has 0 saturated carbocycles. The van der Waals surface area contributed by atoms with Crippen molar-refractivity contribution < 1.29 is 9.18 Å². The number of carbonyl (C=O) groups excluding carboxylic acids is 1. The number of nitrogens with zero attached hydrogens (tertiary/aromatic N) is 3. The minimum Gasteiger partial charge on any atom is -0.337 e. The molecule has 4 rings (SSSR count). The SMILES string of the molecule is O=C(c1cnn2ccccc12)N1CC(c2ccccc2F)C1. The summed E-state index contributed by atoms with van der Waals surface area (Å²) in [6, 6.07) is 12.4. The summed E-state index contributed by atoms with van der Waals surface area (Å²) in [7, 11) is 0. The quantitative estimate of drug-likeness (QED) is 0.729. The highest BCUT2D eigenvalue weighted by Gasteiger charge is 2.34. The second-order valence-electron chi connectivity index (χ2n) is 5.52. The van der Waals surface area contributed by atoms with Crippen LogP contribution >= 0.6 is 0 Å². The van der Waals surface area contributed by atoms with Crippen molar-refractivity contribution in [3.63, 3.8) is 0 Å². The van der Waals surface area contributed by atoms with Gasteiger partial charge in [-0.2, -0.15) is 5.10 Å². The fraction of sp³-hybridized carbons (Fsp3) is 0.176. The Morgan fingerprint density at radius 1 is 1.14 bits per heavy atom. The fourth-order valence-corrected chi connectivity index (χ4v) is 2.92. The number of aromatic nitrogens is 2. The van der Waals surface area contributed by atoms with Gasteiger partial charge in [-0.25, -0.2) is 8.91 Å². The molecule has 4 nitrogen and oxygen atoms in total. The summed E-state index contributed by atoms with van der Waals surface area (Å²) < 4.78 is 15.4. The van der Waals surface area contributed by atoms with Crippen LogP contribution in [0.2, 0.25) is 0 Å². The molecule has 0 atom stereocenters. The molecule has 2 aromatic heterocycles. The molecular weight excluding hydrogens is 281 g/mol. The predicted octanol–water partition coefficient (Wildman–Crippen LogP) is 2.71. The lowest BCUT2D eigenvalue weighted by atomic mass is 9.90. The Balaban J connectivity index is 1.53. The van der Waals surface area contributed by atoms with E-state index in [1.165, 1.54) is 6.07 Å². The van der Waals surface area contributed by atoms with Gasteiger partial charge in [0.15, 0.2) is 0 Å². The van der Waals surface area contributed by atoms with Gasteiger partial charge >= 0.3 is 0 Å². The predicted molar refractivity (Wildman–Crippen MR) is 80.2 cm³/mol. The molecule has 0 N–H and O–H groups in total. The van der Waals surface area contributed by atoms with E-state index in [0.717, 1.165) is 5.52 Å². The van der Waals surface area contributed by atoms with Gasteiger partial charge in [-0.1, -0.05) is 24.3 Å². The Hall–Kier alpha value is -2.69. The molecule has 1 aliphatic rings. The Labute approximate surface area is 126 Å². The normalized spacial score (nSPS) is 15.0. The molecule has 22 heavy (non-hydrogen) atoms. The first-order valence-corrected chi connectivity index (χ1v) is 7.20. The molecule has 0 spiro atoms. The van der Waals surface area contributed by atoms with Gasteiger partial charge < -0.3 is 4.90 Å². The molecule has 0 aliphatic carbocycles. The third-order valence-electron chi connectivity index (χ3n) is 4.17. The zero-order valence-corrected chi connectivity index (χ0v) is 11.8. The van der Waals surface area contributed by atoms with E-state index in [4.69, 9.17) is 0 Å². The first kappa shape index (κ1) is 13.0. The number of benzene rings is 1. The minimum atomic E-state index is -0.199. The Bertz CT molecular complexity index is 852. The van der Waals surface area contributed by atoms with Gasteiger partial charge in [0.25, 0.3) is 5.91 Å². The standard InChI is InChI=1S/C17H14FN3O/c18-15-6-2-1-5-13(15)12-10-20(11-12)17(22)14-9-19-21-8-4-3-7-16(14)21/h1-9,12H,10-11H2. The number of carbonyl (C=O) groups is 1. The highest BCUT2D eigenvalue weighted by atomic mass is 19.1. The third kappa shape index (κ3) is 1.97. The van der Waals surface area contributed by atoms with Crippen LogP contribution in [0.1, 0.15) is 21.8 Å². The topological polar surface area (TPSA) is 37.6 Å². The lowest BCUT2D eigenvalue weighted by molar-refractivity contribution is 0.0601. The third-order valence-corrected chi connectivity index (χ3v) is 4.17. The van der Waals surface area contributed by atoms with Crippen LogP contribution in [0.4, 0.5) is 4.39 Å². The second-order valence-corrected chi connectivity index (χ2v) is 5.52. The maximum absolute atomic E-state index is 13.8. The average Bonchev–Trinajstić information content (AvgIpc) is 2.91. The minimum absolute atomic E-state index is 0.0474. The van der Waals surface area contributed by atoms with Gasteiger partial charge in [-0.3, -0.25) is 4.79 Å². The molecule has 0 unspecified atom stereocenters. The summed E-state index contributed by atoms with van der Waals surface area (Å²) in [4.78, 5) is 14.3. The van der Waals surface area contributed by atoms with Gasteiger partial charge in [0.05, 0.1) is 17.3 Å². The van der Waals surface area contributed by atoms with E-state index in [1.807, 2.05) is 30.5 Å². The van der Waals surface area contributed by atoms with Crippen LogP contribution in [0.3, 0.4) is 0 Å². The van der Waals surface area contributed by atoms with Gasteiger partial charge in [0.2, 0.25) is 0 Å². The number of rotatable bonds is 2. The van der Waals surface area contributed by atoms with E-state index in [9.17, 15) is 9.18 Å². The summed E-state index contributed by atoms with van der Waals surface area (Å²) >= 11 is 0. The first-order chi connectivity index (χ1) is 10.7. The number of hydrogen-bond acceptors (Lipinski definition) is 2. The van der Waals surface area contributed by atoms with Crippen molar-refractivity contribution in [3.8, 4) is 0 Å². The smallest absolute Gasteiger partial charge is 0.257 e. The number of amides is 1. The molecule has 0 radical (unpaired) electrons.